The zero-order valence-electron chi connectivity index (χ0n) is 9.98. The molecule has 98 valence electrons. The average molecular weight is 281 g/mol. The van der Waals surface area contributed by atoms with Crippen LogP contribution in [0.4, 0.5) is 10.1 Å². The predicted molar refractivity (Wildman–Crippen MR) is 70.2 cm³/mol. The number of ether oxygens (including phenoxy) is 1. The molecule has 1 amide bonds. The van der Waals surface area contributed by atoms with Gasteiger partial charge >= 0.3 is 0 Å². The standard InChI is InChI=1S/C13H10ClFN2O2/c1-19-12-7-8(6-11(14)17-12)13(18)16-10-4-2-9(15)3-5-10/h2-7H,1H3,(H,16,18). The number of hydrogen-bond donors (Lipinski definition) is 1. The summed E-state index contributed by atoms with van der Waals surface area (Å²) in [5.74, 6) is -0.502. The van der Waals surface area contributed by atoms with Crippen molar-refractivity contribution in [2.45, 2.75) is 0 Å². The molecule has 0 atom stereocenters. The Morgan fingerprint density at radius 1 is 1.32 bits per heavy atom. The largest absolute Gasteiger partial charge is 0.481 e. The Hall–Kier alpha value is -2.14. The van der Waals surface area contributed by atoms with Gasteiger partial charge in [-0.3, -0.25) is 4.79 Å². The lowest BCUT2D eigenvalue weighted by molar-refractivity contribution is 0.102. The first kappa shape index (κ1) is 13.3. The third-order valence-electron chi connectivity index (χ3n) is 2.34. The molecule has 0 unspecified atom stereocenters. The number of nitrogens with zero attached hydrogens (tertiary/aromatic N) is 1. The number of halogens is 2. The smallest absolute Gasteiger partial charge is 0.255 e. The molecule has 0 aliphatic carbocycles. The highest BCUT2D eigenvalue weighted by molar-refractivity contribution is 6.30. The van der Waals surface area contributed by atoms with Gasteiger partial charge in [-0.25, -0.2) is 9.37 Å². The molecular formula is C13H10ClFN2O2. The predicted octanol–water partition coefficient (Wildman–Crippen LogP) is 3.14. The van der Waals surface area contributed by atoms with Crippen LogP contribution < -0.4 is 10.1 Å². The first-order chi connectivity index (χ1) is 9.08. The van der Waals surface area contributed by atoms with Crippen molar-refractivity contribution in [2.75, 3.05) is 12.4 Å². The van der Waals surface area contributed by atoms with Crippen molar-refractivity contribution in [1.82, 2.24) is 4.98 Å². The maximum absolute atomic E-state index is 12.7. The number of pyridine rings is 1. The molecule has 1 aromatic heterocycles. The third kappa shape index (κ3) is 3.42. The second-order valence-electron chi connectivity index (χ2n) is 3.68. The van der Waals surface area contributed by atoms with Crippen molar-refractivity contribution >= 4 is 23.2 Å². The highest BCUT2D eigenvalue weighted by Gasteiger charge is 2.10. The number of methoxy groups -OCH3 is 1. The lowest BCUT2D eigenvalue weighted by atomic mass is 10.2. The molecule has 0 spiro atoms. The minimum atomic E-state index is -0.380. The van der Waals surface area contributed by atoms with E-state index in [2.05, 4.69) is 10.3 Å². The summed E-state index contributed by atoms with van der Waals surface area (Å²) in [6.45, 7) is 0. The molecule has 19 heavy (non-hydrogen) atoms. The van der Waals surface area contributed by atoms with Crippen molar-refractivity contribution in [2.24, 2.45) is 0 Å². The molecule has 1 N–H and O–H groups in total. The van der Waals surface area contributed by atoms with Crippen molar-refractivity contribution in [3.63, 3.8) is 0 Å². The second-order valence-corrected chi connectivity index (χ2v) is 4.07. The number of anilines is 1. The van der Waals surface area contributed by atoms with Crippen LogP contribution >= 0.6 is 11.6 Å². The summed E-state index contributed by atoms with van der Waals surface area (Å²) >= 11 is 5.78. The highest BCUT2D eigenvalue weighted by Crippen LogP contribution is 2.17. The van der Waals surface area contributed by atoms with Crippen molar-refractivity contribution < 1.29 is 13.9 Å². The Bertz CT molecular complexity index is 602. The van der Waals surface area contributed by atoms with Gasteiger partial charge < -0.3 is 10.1 Å². The van der Waals surface area contributed by atoms with Crippen LogP contribution in [0, 0.1) is 5.82 Å². The zero-order valence-corrected chi connectivity index (χ0v) is 10.7. The van der Waals surface area contributed by atoms with Crippen LogP contribution in [-0.4, -0.2) is 18.0 Å². The fourth-order valence-corrected chi connectivity index (χ4v) is 1.65. The van der Waals surface area contributed by atoms with E-state index in [0.717, 1.165) is 0 Å². The topological polar surface area (TPSA) is 51.2 Å². The molecule has 1 aromatic carbocycles. The van der Waals surface area contributed by atoms with Gasteiger partial charge in [-0.15, -0.1) is 0 Å². The van der Waals surface area contributed by atoms with E-state index < -0.39 is 0 Å². The number of benzene rings is 1. The summed E-state index contributed by atoms with van der Waals surface area (Å²) in [5, 5.41) is 2.77. The Kier molecular flexibility index (Phi) is 3.97. The molecule has 0 aliphatic heterocycles. The minimum Gasteiger partial charge on any atom is -0.481 e. The Morgan fingerprint density at radius 3 is 2.63 bits per heavy atom. The summed E-state index contributed by atoms with van der Waals surface area (Å²) < 4.78 is 17.7. The van der Waals surface area contributed by atoms with E-state index in [1.165, 1.54) is 43.5 Å². The van der Waals surface area contributed by atoms with Gasteiger partial charge in [-0.1, -0.05) is 11.6 Å². The maximum atomic E-state index is 12.7. The van der Waals surface area contributed by atoms with Crippen molar-refractivity contribution in [3.8, 4) is 5.88 Å². The summed E-state index contributed by atoms with van der Waals surface area (Å²) in [5.41, 5.74) is 0.791. The number of carbonyl (C=O) groups excluding carboxylic acids is 1. The highest BCUT2D eigenvalue weighted by atomic mass is 35.5. The van der Waals surface area contributed by atoms with E-state index in [9.17, 15) is 9.18 Å². The van der Waals surface area contributed by atoms with Crippen LogP contribution in [0.1, 0.15) is 10.4 Å². The molecule has 4 nitrogen and oxygen atoms in total. The van der Waals surface area contributed by atoms with E-state index in [0.29, 0.717) is 11.3 Å². The van der Waals surface area contributed by atoms with E-state index >= 15 is 0 Å². The number of aromatic nitrogens is 1. The number of nitrogens with one attached hydrogen (secondary N) is 1. The monoisotopic (exact) mass is 280 g/mol. The summed E-state index contributed by atoms with van der Waals surface area (Å²) in [4.78, 5) is 15.8. The third-order valence-corrected chi connectivity index (χ3v) is 2.54. The van der Waals surface area contributed by atoms with E-state index in [1.54, 1.807) is 0 Å². The van der Waals surface area contributed by atoms with Gasteiger partial charge in [0.25, 0.3) is 5.91 Å². The minimum absolute atomic E-state index is 0.156. The fourth-order valence-electron chi connectivity index (χ4n) is 1.44. The van der Waals surface area contributed by atoms with Crippen LogP contribution in [0.3, 0.4) is 0 Å². The van der Waals surface area contributed by atoms with Gasteiger partial charge in [0.15, 0.2) is 0 Å². The first-order valence-electron chi connectivity index (χ1n) is 5.37. The van der Waals surface area contributed by atoms with E-state index in [1.807, 2.05) is 0 Å². The maximum Gasteiger partial charge on any atom is 0.255 e. The van der Waals surface area contributed by atoms with Gasteiger partial charge in [-0.05, 0) is 30.3 Å². The molecule has 0 saturated heterocycles. The van der Waals surface area contributed by atoms with Crippen LogP contribution in [0.15, 0.2) is 36.4 Å². The van der Waals surface area contributed by atoms with Gasteiger partial charge in [0, 0.05) is 17.3 Å². The van der Waals surface area contributed by atoms with E-state index in [4.69, 9.17) is 16.3 Å². The molecule has 0 aliphatic rings. The Labute approximate surface area is 114 Å². The normalized spacial score (nSPS) is 10.1. The molecule has 0 fully saturated rings. The van der Waals surface area contributed by atoms with Crippen LogP contribution in [0.25, 0.3) is 0 Å². The molecule has 1 heterocycles. The van der Waals surface area contributed by atoms with Crippen LogP contribution in [0.5, 0.6) is 5.88 Å². The number of amides is 1. The van der Waals surface area contributed by atoms with E-state index in [-0.39, 0.29) is 22.8 Å². The number of hydrogen-bond acceptors (Lipinski definition) is 3. The summed E-state index contributed by atoms with van der Waals surface area (Å²) in [6.07, 6.45) is 0. The molecule has 2 aromatic rings. The van der Waals surface area contributed by atoms with Gasteiger partial charge in [0.2, 0.25) is 5.88 Å². The first-order valence-corrected chi connectivity index (χ1v) is 5.75. The molecule has 0 saturated carbocycles. The molecular weight excluding hydrogens is 271 g/mol. The van der Waals surface area contributed by atoms with Gasteiger partial charge in [0.05, 0.1) is 7.11 Å². The van der Waals surface area contributed by atoms with Crippen molar-refractivity contribution in [1.29, 1.82) is 0 Å². The van der Waals surface area contributed by atoms with Gasteiger partial charge in [0.1, 0.15) is 11.0 Å². The van der Waals surface area contributed by atoms with Crippen LogP contribution in [0.2, 0.25) is 5.15 Å². The Balaban J connectivity index is 2.20. The zero-order chi connectivity index (χ0) is 13.8. The van der Waals surface area contributed by atoms with Gasteiger partial charge in [-0.2, -0.15) is 0 Å². The molecule has 2 rings (SSSR count). The lowest BCUT2D eigenvalue weighted by Crippen LogP contribution is -2.12. The second kappa shape index (κ2) is 5.67. The number of rotatable bonds is 3. The lowest BCUT2D eigenvalue weighted by Gasteiger charge is -2.07. The molecule has 0 bridgehead atoms. The summed E-state index contributed by atoms with van der Waals surface area (Å²) in [6, 6.07) is 8.33. The van der Waals surface area contributed by atoms with Crippen molar-refractivity contribution in [3.05, 3.63) is 52.9 Å². The summed E-state index contributed by atoms with van der Waals surface area (Å²) in [7, 11) is 1.43. The Morgan fingerprint density at radius 2 is 2.00 bits per heavy atom. The molecule has 6 heteroatoms. The average Bonchev–Trinajstić information content (AvgIpc) is 2.40. The SMILES string of the molecule is COc1cc(C(=O)Nc2ccc(F)cc2)cc(Cl)n1. The molecule has 0 radical (unpaired) electrons. The number of carbonyl (C=O) groups is 1. The fraction of sp³-hybridized carbons (Fsp3) is 0.0769. The van der Waals surface area contributed by atoms with Crippen LogP contribution in [-0.2, 0) is 0 Å². The quantitative estimate of drug-likeness (QED) is 0.879.